The molecular formula is C18H14N2O6S2. The first-order chi connectivity index (χ1) is 13.4. The molecule has 3 rings (SSSR count). The summed E-state index contributed by atoms with van der Waals surface area (Å²) in [4.78, 5) is 35.9. The number of carbonyl (C=O) groups excluding carboxylic acids is 3. The molecule has 0 radical (unpaired) electrons. The Kier molecular flexibility index (Phi) is 5.81. The van der Waals surface area contributed by atoms with Crippen LogP contribution in [0.4, 0.5) is 0 Å². The van der Waals surface area contributed by atoms with Crippen LogP contribution in [0.2, 0.25) is 0 Å². The van der Waals surface area contributed by atoms with Gasteiger partial charge in [-0.05, 0) is 48.1 Å². The van der Waals surface area contributed by atoms with Crippen molar-refractivity contribution in [1.82, 2.24) is 10.4 Å². The third-order valence-corrected chi connectivity index (χ3v) is 4.78. The smallest absolute Gasteiger partial charge is 0.379 e. The predicted octanol–water partition coefficient (Wildman–Crippen LogP) is 2.76. The maximum absolute atomic E-state index is 12.4. The molecule has 1 saturated heterocycles. The van der Waals surface area contributed by atoms with Crippen molar-refractivity contribution in [3.05, 3.63) is 52.8 Å². The molecular weight excluding hydrogens is 404 g/mol. The molecule has 2 heterocycles. The first-order valence-corrected chi connectivity index (χ1v) is 9.10. The van der Waals surface area contributed by atoms with Gasteiger partial charge in [-0.15, -0.1) is 0 Å². The molecule has 1 aromatic carbocycles. The lowest BCUT2D eigenvalue weighted by atomic mass is 10.2. The maximum Gasteiger partial charge on any atom is 0.379 e. The van der Waals surface area contributed by atoms with Gasteiger partial charge in [-0.25, -0.2) is 4.79 Å². The molecule has 0 saturated carbocycles. The summed E-state index contributed by atoms with van der Waals surface area (Å²) < 4.78 is 15.8. The molecule has 2 amide bonds. The first-order valence-electron chi connectivity index (χ1n) is 7.88. The molecule has 1 aromatic heterocycles. The second kappa shape index (κ2) is 8.28. The van der Waals surface area contributed by atoms with Crippen LogP contribution in [0.5, 0.6) is 11.5 Å². The zero-order chi connectivity index (χ0) is 20.3. The number of methoxy groups -OCH3 is 1. The highest BCUT2D eigenvalue weighted by Gasteiger charge is 2.33. The Bertz CT molecular complexity index is 984. The molecule has 1 aliphatic rings. The number of rotatable bonds is 5. The number of furan rings is 1. The van der Waals surface area contributed by atoms with Gasteiger partial charge in [0, 0.05) is 6.92 Å². The van der Waals surface area contributed by atoms with Crippen molar-refractivity contribution in [2.45, 2.75) is 6.92 Å². The molecule has 10 heteroatoms. The van der Waals surface area contributed by atoms with Crippen LogP contribution >= 0.6 is 24.0 Å². The van der Waals surface area contributed by atoms with E-state index in [0.717, 1.165) is 16.8 Å². The number of ether oxygens (including phenoxy) is 2. The Labute approximate surface area is 169 Å². The van der Waals surface area contributed by atoms with E-state index in [0.29, 0.717) is 16.2 Å². The molecule has 0 unspecified atom stereocenters. The molecule has 1 aliphatic heterocycles. The molecule has 144 valence electrons. The van der Waals surface area contributed by atoms with E-state index in [2.05, 4.69) is 5.43 Å². The van der Waals surface area contributed by atoms with E-state index >= 15 is 0 Å². The largest absolute Gasteiger partial charge is 0.493 e. The minimum atomic E-state index is -0.660. The minimum absolute atomic E-state index is 0.0628. The topological polar surface area (TPSA) is 98.1 Å². The van der Waals surface area contributed by atoms with Crippen LogP contribution in [-0.4, -0.2) is 34.2 Å². The third-order valence-electron chi connectivity index (χ3n) is 3.47. The molecule has 0 bridgehead atoms. The first kappa shape index (κ1) is 19.6. The van der Waals surface area contributed by atoms with Crippen molar-refractivity contribution in [3.63, 3.8) is 0 Å². The Morgan fingerprint density at radius 3 is 2.71 bits per heavy atom. The van der Waals surface area contributed by atoms with Crippen LogP contribution in [0.15, 0.2) is 45.9 Å². The van der Waals surface area contributed by atoms with Crippen molar-refractivity contribution in [3.8, 4) is 11.5 Å². The Morgan fingerprint density at radius 1 is 1.29 bits per heavy atom. The number of amides is 2. The lowest BCUT2D eigenvalue weighted by Crippen LogP contribution is -2.43. The molecule has 2 aromatic rings. The van der Waals surface area contributed by atoms with E-state index in [1.165, 1.54) is 26.4 Å². The van der Waals surface area contributed by atoms with Crippen LogP contribution in [0, 0.1) is 0 Å². The van der Waals surface area contributed by atoms with Gasteiger partial charge in [-0.3, -0.25) is 15.0 Å². The van der Waals surface area contributed by atoms with Crippen LogP contribution in [-0.2, 0) is 9.59 Å². The maximum atomic E-state index is 12.4. The molecule has 28 heavy (non-hydrogen) atoms. The average molecular weight is 418 g/mol. The SMILES string of the molecule is COc1cc(/C=C2\SC(=S)N(NC(C)=O)C2=O)ccc1OC(=O)c1ccco1. The number of benzene rings is 1. The van der Waals surface area contributed by atoms with E-state index in [1.807, 2.05) is 0 Å². The lowest BCUT2D eigenvalue weighted by molar-refractivity contribution is -0.131. The summed E-state index contributed by atoms with van der Waals surface area (Å²) in [5.74, 6) is -0.933. The number of hydrazine groups is 1. The summed E-state index contributed by atoms with van der Waals surface area (Å²) in [5.41, 5.74) is 3.00. The van der Waals surface area contributed by atoms with Crippen LogP contribution in [0.1, 0.15) is 23.0 Å². The van der Waals surface area contributed by atoms with Gasteiger partial charge >= 0.3 is 5.97 Å². The highest BCUT2D eigenvalue weighted by Crippen LogP contribution is 2.34. The standard InChI is InChI=1S/C18H14N2O6S2/c1-10(21)19-20-16(22)15(28-18(20)27)9-11-5-6-12(14(8-11)24-2)26-17(23)13-4-3-7-25-13/h3-9H,1-2H3,(H,19,21)/b15-9-. The number of esters is 1. The fraction of sp³-hybridized carbons (Fsp3) is 0.111. The van der Waals surface area contributed by atoms with Gasteiger partial charge in [0.05, 0.1) is 18.3 Å². The zero-order valence-electron chi connectivity index (χ0n) is 14.8. The molecule has 8 nitrogen and oxygen atoms in total. The summed E-state index contributed by atoms with van der Waals surface area (Å²) in [6, 6.07) is 7.86. The number of nitrogens with zero attached hydrogens (tertiary/aromatic N) is 1. The van der Waals surface area contributed by atoms with Crippen molar-refractivity contribution >= 4 is 52.2 Å². The van der Waals surface area contributed by atoms with E-state index < -0.39 is 17.8 Å². The number of carbonyl (C=O) groups is 3. The van der Waals surface area contributed by atoms with Gasteiger partial charge in [0.1, 0.15) is 0 Å². The fourth-order valence-electron chi connectivity index (χ4n) is 2.28. The summed E-state index contributed by atoms with van der Waals surface area (Å²) in [7, 11) is 1.43. The highest BCUT2D eigenvalue weighted by molar-refractivity contribution is 8.26. The van der Waals surface area contributed by atoms with Gasteiger partial charge in [-0.2, -0.15) is 5.01 Å². The minimum Gasteiger partial charge on any atom is -0.493 e. The van der Waals surface area contributed by atoms with Gasteiger partial charge in [-0.1, -0.05) is 17.8 Å². The number of thioether (sulfide) groups is 1. The zero-order valence-corrected chi connectivity index (χ0v) is 16.4. The molecule has 0 aliphatic carbocycles. The van der Waals surface area contributed by atoms with Crippen LogP contribution < -0.4 is 14.9 Å². The predicted molar refractivity (Wildman–Crippen MR) is 105 cm³/mol. The van der Waals surface area contributed by atoms with Gasteiger partial charge in [0.15, 0.2) is 15.8 Å². The molecule has 1 fully saturated rings. The molecule has 1 N–H and O–H groups in total. The number of hydrogen-bond acceptors (Lipinski definition) is 8. The Balaban J connectivity index is 1.81. The van der Waals surface area contributed by atoms with Crippen molar-refractivity contribution in [2.24, 2.45) is 0 Å². The number of hydrogen-bond donors (Lipinski definition) is 1. The van der Waals surface area contributed by atoms with Gasteiger partial charge < -0.3 is 13.9 Å². The summed E-state index contributed by atoms with van der Waals surface area (Å²) in [5, 5.41) is 1.02. The Hall–Kier alpha value is -3.11. The fourth-order valence-corrected chi connectivity index (χ4v) is 3.46. The normalized spacial score (nSPS) is 15.1. The van der Waals surface area contributed by atoms with Crippen molar-refractivity contribution < 1.29 is 28.3 Å². The summed E-state index contributed by atoms with van der Waals surface area (Å²) in [6.07, 6.45) is 2.97. The van der Waals surface area contributed by atoms with E-state index in [9.17, 15) is 14.4 Å². The van der Waals surface area contributed by atoms with E-state index in [1.54, 1.807) is 30.3 Å². The number of nitrogens with one attached hydrogen (secondary N) is 1. The lowest BCUT2D eigenvalue weighted by Gasteiger charge is -2.13. The summed E-state index contributed by atoms with van der Waals surface area (Å²) in [6.45, 7) is 1.29. The third kappa shape index (κ3) is 4.24. The quantitative estimate of drug-likeness (QED) is 0.343. The van der Waals surface area contributed by atoms with Crippen LogP contribution in [0.25, 0.3) is 6.08 Å². The van der Waals surface area contributed by atoms with Crippen LogP contribution in [0.3, 0.4) is 0 Å². The van der Waals surface area contributed by atoms with Crippen molar-refractivity contribution in [1.29, 1.82) is 0 Å². The molecule has 0 spiro atoms. The van der Waals surface area contributed by atoms with E-state index in [4.69, 9.17) is 26.1 Å². The average Bonchev–Trinajstić information content (AvgIpc) is 3.28. The highest BCUT2D eigenvalue weighted by atomic mass is 32.2. The molecule has 0 atom stereocenters. The second-order valence-corrected chi connectivity index (χ2v) is 7.14. The number of thiocarbonyl (C=S) groups is 1. The van der Waals surface area contributed by atoms with E-state index in [-0.39, 0.29) is 15.8 Å². The second-order valence-electron chi connectivity index (χ2n) is 5.46. The van der Waals surface area contributed by atoms with Gasteiger partial charge in [0.2, 0.25) is 11.7 Å². The summed E-state index contributed by atoms with van der Waals surface area (Å²) >= 11 is 6.17. The monoisotopic (exact) mass is 418 g/mol. The van der Waals surface area contributed by atoms with Crippen molar-refractivity contribution in [2.75, 3.05) is 7.11 Å². The van der Waals surface area contributed by atoms with Gasteiger partial charge in [0.25, 0.3) is 5.91 Å². The Morgan fingerprint density at radius 2 is 2.07 bits per heavy atom.